The standard InChI is InChI=1S/C19H17FN6O/c1-26(2)16-8-7-11(9-12(16)20)19(27)23-17-10-15(24-25-17)18-21-13-5-3-4-6-14(13)22-18/h3-10H,1-2H3,(H,21,22)(H2,23,24,25,27). The van der Waals surface area contributed by atoms with Gasteiger partial charge in [0.25, 0.3) is 5.91 Å². The van der Waals surface area contributed by atoms with E-state index in [1.54, 1.807) is 37.2 Å². The van der Waals surface area contributed by atoms with E-state index in [-0.39, 0.29) is 5.56 Å². The summed E-state index contributed by atoms with van der Waals surface area (Å²) in [5, 5.41) is 9.57. The molecule has 0 aliphatic carbocycles. The van der Waals surface area contributed by atoms with Crippen LogP contribution in [-0.2, 0) is 0 Å². The van der Waals surface area contributed by atoms with E-state index < -0.39 is 11.7 Å². The monoisotopic (exact) mass is 364 g/mol. The maximum atomic E-state index is 14.1. The molecule has 0 saturated heterocycles. The summed E-state index contributed by atoms with van der Waals surface area (Å²) in [7, 11) is 3.48. The van der Waals surface area contributed by atoms with Gasteiger partial charge in [0.15, 0.2) is 11.6 Å². The number of nitrogens with zero attached hydrogens (tertiary/aromatic N) is 3. The Morgan fingerprint density at radius 3 is 2.70 bits per heavy atom. The lowest BCUT2D eigenvalue weighted by atomic mass is 10.1. The summed E-state index contributed by atoms with van der Waals surface area (Å²) in [6.45, 7) is 0. The van der Waals surface area contributed by atoms with Crippen molar-refractivity contribution in [3.63, 3.8) is 0 Å². The lowest BCUT2D eigenvalue weighted by molar-refractivity contribution is 0.102. The molecule has 0 radical (unpaired) electrons. The second kappa shape index (κ2) is 6.56. The molecule has 0 aliphatic heterocycles. The molecule has 2 aromatic carbocycles. The number of halogens is 1. The fourth-order valence-electron chi connectivity index (χ4n) is 2.79. The van der Waals surface area contributed by atoms with Crippen LogP contribution in [0, 0.1) is 5.82 Å². The van der Waals surface area contributed by atoms with Gasteiger partial charge in [-0.15, -0.1) is 0 Å². The van der Waals surface area contributed by atoms with Crippen LogP contribution in [0.3, 0.4) is 0 Å². The number of para-hydroxylation sites is 2. The van der Waals surface area contributed by atoms with Crippen molar-refractivity contribution < 1.29 is 9.18 Å². The van der Waals surface area contributed by atoms with E-state index in [0.29, 0.717) is 23.0 Å². The number of anilines is 2. The van der Waals surface area contributed by atoms with Crippen LogP contribution >= 0.6 is 0 Å². The van der Waals surface area contributed by atoms with Crippen molar-refractivity contribution >= 4 is 28.4 Å². The minimum absolute atomic E-state index is 0.214. The van der Waals surface area contributed by atoms with Crippen LogP contribution in [0.2, 0.25) is 0 Å². The average molecular weight is 364 g/mol. The fraction of sp³-hybridized carbons (Fsp3) is 0.105. The maximum Gasteiger partial charge on any atom is 0.256 e. The highest BCUT2D eigenvalue weighted by atomic mass is 19.1. The predicted molar refractivity (Wildman–Crippen MR) is 102 cm³/mol. The van der Waals surface area contributed by atoms with Crippen LogP contribution in [0.15, 0.2) is 48.5 Å². The van der Waals surface area contributed by atoms with Crippen LogP contribution in [-0.4, -0.2) is 40.2 Å². The van der Waals surface area contributed by atoms with Gasteiger partial charge in [-0.25, -0.2) is 9.37 Å². The van der Waals surface area contributed by atoms with Gasteiger partial charge in [-0.3, -0.25) is 9.89 Å². The van der Waals surface area contributed by atoms with Gasteiger partial charge in [0, 0.05) is 25.7 Å². The number of hydrogen-bond acceptors (Lipinski definition) is 4. The van der Waals surface area contributed by atoms with E-state index in [1.807, 2.05) is 24.3 Å². The van der Waals surface area contributed by atoms with E-state index in [1.165, 1.54) is 6.07 Å². The molecule has 8 heteroatoms. The molecule has 0 fully saturated rings. The molecule has 7 nitrogen and oxygen atoms in total. The highest BCUT2D eigenvalue weighted by Crippen LogP contribution is 2.22. The Morgan fingerprint density at radius 1 is 1.15 bits per heavy atom. The molecule has 0 spiro atoms. The van der Waals surface area contributed by atoms with E-state index in [9.17, 15) is 9.18 Å². The van der Waals surface area contributed by atoms with Crippen LogP contribution in [0.5, 0.6) is 0 Å². The molecule has 1 amide bonds. The zero-order valence-corrected chi connectivity index (χ0v) is 14.7. The first-order valence-corrected chi connectivity index (χ1v) is 8.30. The molecule has 0 saturated carbocycles. The topological polar surface area (TPSA) is 89.7 Å². The number of H-pyrrole nitrogens is 2. The Morgan fingerprint density at radius 2 is 1.96 bits per heavy atom. The second-order valence-electron chi connectivity index (χ2n) is 6.28. The smallest absolute Gasteiger partial charge is 0.256 e. The van der Waals surface area contributed by atoms with Crippen molar-refractivity contribution in [1.29, 1.82) is 0 Å². The van der Waals surface area contributed by atoms with Gasteiger partial charge in [-0.2, -0.15) is 5.10 Å². The fourth-order valence-corrected chi connectivity index (χ4v) is 2.79. The minimum Gasteiger partial charge on any atom is -0.375 e. The van der Waals surface area contributed by atoms with Crippen molar-refractivity contribution in [3.05, 3.63) is 59.9 Å². The van der Waals surface area contributed by atoms with Crippen molar-refractivity contribution in [2.45, 2.75) is 0 Å². The largest absolute Gasteiger partial charge is 0.375 e. The minimum atomic E-state index is -0.461. The second-order valence-corrected chi connectivity index (χ2v) is 6.28. The molecule has 0 bridgehead atoms. The number of amides is 1. The molecular weight excluding hydrogens is 347 g/mol. The first kappa shape index (κ1) is 16.8. The van der Waals surface area contributed by atoms with E-state index in [2.05, 4.69) is 25.5 Å². The first-order chi connectivity index (χ1) is 13.0. The summed E-state index contributed by atoms with van der Waals surface area (Å²) in [5.74, 6) is 0.0395. The Labute approximate surface area is 154 Å². The summed E-state index contributed by atoms with van der Waals surface area (Å²) in [6, 6.07) is 13.7. The highest BCUT2D eigenvalue weighted by Gasteiger charge is 2.14. The molecule has 136 valence electrons. The Kier molecular flexibility index (Phi) is 4.08. The zero-order valence-electron chi connectivity index (χ0n) is 14.7. The Bertz CT molecular complexity index is 1100. The SMILES string of the molecule is CN(C)c1ccc(C(=O)Nc2cc(-c3nc4ccccc4[nH]3)[nH]n2)cc1F. The number of rotatable bonds is 4. The van der Waals surface area contributed by atoms with Crippen LogP contribution in [0.4, 0.5) is 15.9 Å². The number of fused-ring (bicyclic) bond motifs is 1. The van der Waals surface area contributed by atoms with Gasteiger partial charge in [-0.05, 0) is 30.3 Å². The average Bonchev–Trinajstić information content (AvgIpc) is 3.27. The van der Waals surface area contributed by atoms with E-state index >= 15 is 0 Å². The molecule has 3 N–H and O–H groups in total. The molecule has 0 unspecified atom stereocenters. The molecular formula is C19H17FN6O. The third-order valence-corrected chi connectivity index (χ3v) is 4.16. The highest BCUT2D eigenvalue weighted by molar-refractivity contribution is 6.04. The molecule has 2 heterocycles. The van der Waals surface area contributed by atoms with E-state index in [4.69, 9.17) is 0 Å². The van der Waals surface area contributed by atoms with Gasteiger partial charge in [-0.1, -0.05) is 12.1 Å². The maximum absolute atomic E-state index is 14.1. The van der Waals surface area contributed by atoms with Crippen molar-refractivity contribution in [1.82, 2.24) is 20.2 Å². The lowest BCUT2D eigenvalue weighted by Gasteiger charge is -2.13. The first-order valence-electron chi connectivity index (χ1n) is 8.30. The van der Waals surface area contributed by atoms with E-state index in [0.717, 1.165) is 11.0 Å². The van der Waals surface area contributed by atoms with Crippen molar-refractivity contribution in [2.75, 3.05) is 24.3 Å². The molecule has 4 rings (SSSR count). The van der Waals surface area contributed by atoms with Gasteiger partial charge in [0.05, 0.1) is 16.7 Å². The molecule has 27 heavy (non-hydrogen) atoms. The number of carbonyl (C=O) groups is 1. The van der Waals surface area contributed by atoms with Crippen LogP contribution < -0.4 is 10.2 Å². The van der Waals surface area contributed by atoms with Crippen molar-refractivity contribution in [3.8, 4) is 11.5 Å². The lowest BCUT2D eigenvalue weighted by Crippen LogP contribution is -2.15. The number of imidazole rings is 1. The summed E-state index contributed by atoms with van der Waals surface area (Å²) >= 11 is 0. The number of nitrogens with one attached hydrogen (secondary N) is 3. The van der Waals surface area contributed by atoms with Crippen molar-refractivity contribution in [2.24, 2.45) is 0 Å². The summed E-state index contributed by atoms with van der Waals surface area (Å²) < 4.78 is 14.1. The quantitative estimate of drug-likeness (QED) is 0.518. The summed E-state index contributed by atoms with van der Waals surface area (Å²) in [6.07, 6.45) is 0. The summed E-state index contributed by atoms with van der Waals surface area (Å²) in [4.78, 5) is 21.7. The number of carbonyl (C=O) groups excluding carboxylic acids is 1. The number of benzene rings is 2. The normalized spacial score (nSPS) is 10.9. The predicted octanol–water partition coefficient (Wildman–Crippen LogP) is 3.41. The number of aromatic amines is 2. The van der Waals surface area contributed by atoms with Gasteiger partial charge >= 0.3 is 0 Å². The van der Waals surface area contributed by atoms with Crippen LogP contribution in [0.1, 0.15) is 10.4 Å². The number of hydrogen-bond donors (Lipinski definition) is 3. The Hall–Kier alpha value is -3.68. The molecule has 4 aromatic rings. The third kappa shape index (κ3) is 3.24. The molecule has 2 aromatic heterocycles. The third-order valence-electron chi connectivity index (χ3n) is 4.16. The zero-order chi connectivity index (χ0) is 19.0. The molecule has 0 atom stereocenters. The van der Waals surface area contributed by atoms with Crippen LogP contribution in [0.25, 0.3) is 22.6 Å². The molecule has 0 aliphatic rings. The Balaban J connectivity index is 1.53. The van der Waals surface area contributed by atoms with Gasteiger partial charge < -0.3 is 15.2 Å². The van der Waals surface area contributed by atoms with Gasteiger partial charge in [0.1, 0.15) is 11.5 Å². The summed E-state index contributed by atoms with van der Waals surface area (Å²) in [5.41, 5.74) is 3.01. The van der Waals surface area contributed by atoms with Gasteiger partial charge in [0.2, 0.25) is 0 Å². The number of aromatic nitrogens is 4.